The molecule has 0 spiro atoms. The molecular formula is C21H25FN2S. The van der Waals surface area contributed by atoms with Gasteiger partial charge in [0.1, 0.15) is 5.82 Å². The first-order chi connectivity index (χ1) is 12.1. The van der Waals surface area contributed by atoms with E-state index in [-0.39, 0.29) is 11.4 Å². The molecule has 0 unspecified atom stereocenters. The zero-order valence-electron chi connectivity index (χ0n) is 14.6. The highest BCUT2D eigenvalue weighted by atomic mass is 32.1. The van der Waals surface area contributed by atoms with Crippen molar-refractivity contribution in [2.24, 2.45) is 0 Å². The van der Waals surface area contributed by atoms with Gasteiger partial charge >= 0.3 is 0 Å². The maximum atomic E-state index is 13.8. The molecule has 0 aliphatic heterocycles. The van der Waals surface area contributed by atoms with E-state index in [2.05, 4.69) is 41.8 Å². The fourth-order valence-electron chi connectivity index (χ4n) is 3.70. The average molecular weight is 357 g/mol. The van der Waals surface area contributed by atoms with Crippen LogP contribution in [0.1, 0.15) is 43.2 Å². The van der Waals surface area contributed by atoms with Crippen molar-refractivity contribution in [3.63, 3.8) is 0 Å². The normalized spacial score (nSPS) is 15.8. The van der Waals surface area contributed by atoms with Crippen LogP contribution >= 0.6 is 12.2 Å². The highest BCUT2D eigenvalue weighted by molar-refractivity contribution is 7.80. The summed E-state index contributed by atoms with van der Waals surface area (Å²) in [6.07, 6.45) is 6.70. The van der Waals surface area contributed by atoms with E-state index in [1.54, 1.807) is 18.2 Å². The Balaban J connectivity index is 1.64. The molecule has 0 bridgehead atoms. The van der Waals surface area contributed by atoms with Crippen molar-refractivity contribution in [1.29, 1.82) is 0 Å². The van der Waals surface area contributed by atoms with Crippen LogP contribution in [0.3, 0.4) is 0 Å². The van der Waals surface area contributed by atoms with Crippen LogP contribution in [0.5, 0.6) is 0 Å². The second kappa shape index (κ2) is 7.96. The first-order valence-corrected chi connectivity index (χ1v) is 9.36. The predicted molar refractivity (Wildman–Crippen MR) is 106 cm³/mol. The fourth-order valence-corrected chi connectivity index (χ4v) is 4.02. The topological polar surface area (TPSA) is 24.1 Å². The molecule has 2 N–H and O–H groups in total. The fraction of sp³-hybridized carbons (Fsp3) is 0.381. The molecule has 0 atom stereocenters. The van der Waals surface area contributed by atoms with Crippen LogP contribution in [0.4, 0.5) is 10.1 Å². The summed E-state index contributed by atoms with van der Waals surface area (Å²) >= 11 is 5.47. The number of hydrogen-bond acceptors (Lipinski definition) is 1. The Labute approximate surface area is 154 Å². The molecule has 0 radical (unpaired) electrons. The van der Waals surface area contributed by atoms with Crippen molar-refractivity contribution < 1.29 is 4.39 Å². The molecule has 3 rings (SSSR count). The minimum absolute atomic E-state index is 0.0130. The smallest absolute Gasteiger partial charge is 0.171 e. The van der Waals surface area contributed by atoms with Crippen molar-refractivity contribution in [3.05, 3.63) is 65.5 Å². The van der Waals surface area contributed by atoms with E-state index in [1.165, 1.54) is 30.0 Å². The van der Waals surface area contributed by atoms with Crippen molar-refractivity contribution in [1.82, 2.24) is 5.32 Å². The van der Waals surface area contributed by atoms with Gasteiger partial charge in [-0.1, -0.05) is 54.8 Å². The summed E-state index contributed by atoms with van der Waals surface area (Å²) in [6.45, 7) is 2.13. The number of aryl methyl sites for hydroxylation is 2. The molecule has 0 heterocycles. The molecule has 0 saturated heterocycles. The Bertz CT molecular complexity index is 738. The van der Waals surface area contributed by atoms with Gasteiger partial charge in [0.15, 0.2) is 5.11 Å². The lowest BCUT2D eigenvalue weighted by molar-refractivity contribution is 0.362. The molecule has 2 aromatic rings. The minimum atomic E-state index is -0.285. The Kier molecular flexibility index (Phi) is 5.69. The highest BCUT2D eigenvalue weighted by Crippen LogP contribution is 2.34. The maximum Gasteiger partial charge on any atom is 0.171 e. The molecular weight excluding hydrogens is 331 g/mol. The number of hydrogen-bond donors (Lipinski definition) is 2. The molecule has 2 nitrogen and oxygen atoms in total. The van der Waals surface area contributed by atoms with E-state index in [9.17, 15) is 4.39 Å². The standard InChI is InChI=1S/C21H25FN2S/c1-16-7-6-8-17(15-16)11-14-21(12-4-5-13-21)24-20(25)23-19-10-3-2-9-18(19)22/h2-3,6-10,15H,4-5,11-14H2,1H3,(H2,23,24,25). The van der Waals surface area contributed by atoms with Gasteiger partial charge in [0.2, 0.25) is 0 Å². The minimum Gasteiger partial charge on any atom is -0.357 e. The summed E-state index contributed by atoms with van der Waals surface area (Å²) in [5.41, 5.74) is 3.09. The third-order valence-electron chi connectivity index (χ3n) is 5.04. The van der Waals surface area contributed by atoms with E-state index in [1.807, 2.05) is 0 Å². The van der Waals surface area contributed by atoms with Crippen LogP contribution in [-0.4, -0.2) is 10.7 Å². The van der Waals surface area contributed by atoms with E-state index >= 15 is 0 Å². The zero-order chi connectivity index (χ0) is 17.7. The second-order valence-electron chi connectivity index (χ2n) is 7.04. The van der Waals surface area contributed by atoms with Crippen molar-refractivity contribution in [3.8, 4) is 0 Å². The summed E-state index contributed by atoms with van der Waals surface area (Å²) in [5, 5.41) is 7.03. The molecule has 2 aromatic carbocycles. The van der Waals surface area contributed by atoms with Crippen LogP contribution in [0.25, 0.3) is 0 Å². The number of benzene rings is 2. The molecule has 0 aromatic heterocycles. The number of rotatable bonds is 5. The summed E-state index contributed by atoms with van der Waals surface area (Å²) in [7, 11) is 0. The molecule has 0 amide bonds. The van der Waals surface area contributed by atoms with Gasteiger partial charge in [-0.15, -0.1) is 0 Å². The van der Waals surface area contributed by atoms with Crippen LogP contribution in [0.2, 0.25) is 0 Å². The summed E-state index contributed by atoms with van der Waals surface area (Å²) in [5.74, 6) is -0.285. The number of anilines is 1. The van der Waals surface area contributed by atoms with Crippen LogP contribution < -0.4 is 10.6 Å². The lowest BCUT2D eigenvalue weighted by Gasteiger charge is -2.32. The van der Waals surface area contributed by atoms with Gasteiger partial charge in [-0.05, 0) is 62.5 Å². The number of para-hydroxylation sites is 1. The van der Waals surface area contributed by atoms with Gasteiger partial charge in [0, 0.05) is 5.54 Å². The highest BCUT2D eigenvalue weighted by Gasteiger charge is 2.34. The third kappa shape index (κ3) is 4.79. The second-order valence-corrected chi connectivity index (χ2v) is 7.44. The van der Waals surface area contributed by atoms with Crippen molar-refractivity contribution >= 4 is 23.0 Å². The predicted octanol–water partition coefficient (Wildman–Crippen LogP) is 5.37. The third-order valence-corrected chi connectivity index (χ3v) is 5.24. The first kappa shape index (κ1) is 17.9. The summed E-state index contributed by atoms with van der Waals surface area (Å²) in [6, 6.07) is 15.3. The Morgan fingerprint density at radius 2 is 1.88 bits per heavy atom. The number of nitrogens with one attached hydrogen (secondary N) is 2. The summed E-state index contributed by atoms with van der Waals surface area (Å²) in [4.78, 5) is 0. The van der Waals surface area contributed by atoms with E-state index < -0.39 is 0 Å². The monoisotopic (exact) mass is 356 g/mol. The molecule has 132 valence electrons. The van der Waals surface area contributed by atoms with E-state index in [0.29, 0.717) is 10.8 Å². The average Bonchev–Trinajstić information content (AvgIpc) is 3.04. The van der Waals surface area contributed by atoms with Gasteiger partial charge in [0.05, 0.1) is 5.69 Å². The van der Waals surface area contributed by atoms with Gasteiger partial charge in [0.25, 0.3) is 0 Å². The Hall–Kier alpha value is -1.94. The molecule has 1 aliphatic rings. The zero-order valence-corrected chi connectivity index (χ0v) is 15.5. The SMILES string of the molecule is Cc1cccc(CCC2(NC(=S)Nc3ccccc3F)CCCC2)c1. The number of thiocarbonyl (C=S) groups is 1. The van der Waals surface area contributed by atoms with Crippen molar-refractivity contribution in [2.75, 3.05) is 5.32 Å². The first-order valence-electron chi connectivity index (χ1n) is 8.96. The van der Waals surface area contributed by atoms with E-state index in [4.69, 9.17) is 12.2 Å². The van der Waals surface area contributed by atoms with Gasteiger partial charge in [-0.3, -0.25) is 0 Å². The molecule has 1 fully saturated rings. The van der Waals surface area contributed by atoms with Crippen LogP contribution in [-0.2, 0) is 6.42 Å². The molecule has 25 heavy (non-hydrogen) atoms. The molecule has 1 saturated carbocycles. The van der Waals surface area contributed by atoms with Gasteiger partial charge in [-0.25, -0.2) is 4.39 Å². The van der Waals surface area contributed by atoms with Crippen molar-refractivity contribution in [2.45, 2.75) is 51.0 Å². The molecule has 4 heteroatoms. The largest absolute Gasteiger partial charge is 0.357 e. The Morgan fingerprint density at radius 1 is 1.12 bits per heavy atom. The molecule has 1 aliphatic carbocycles. The lowest BCUT2D eigenvalue weighted by atomic mass is 9.89. The summed E-state index contributed by atoms with van der Waals surface area (Å²) < 4.78 is 13.8. The lowest BCUT2D eigenvalue weighted by Crippen LogP contribution is -2.48. The van der Waals surface area contributed by atoms with Gasteiger partial charge < -0.3 is 10.6 Å². The maximum absolute atomic E-state index is 13.8. The van der Waals surface area contributed by atoms with Crippen LogP contribution in [0.15, 0.2) is 48.5 Å². The van der Waals surface area contributed by atoms with Crippen LogP contribution in [0, 0.1) is 12.7 Å². The quantitative estimate of drug-likeness (QED) is 0.705. The van der Waals surface area contributed by atoms with E-state index in [0.717, 1.165) is 25.7 Å². The Morgan fingerprint density at radius 3 is 2.60 bits per heavy atom. The van der Waals surface area contributed by atoms with Gasteiger partial charge in [-0.2, -0.15) is 0 Å². The number of halogens is 1.